The van der Waals surface area contributed by atoms with Crippen LogP contribution in [0, 0.1) is 5.92 Å². The summed E-state index contributed by atoms with van der Waals surface area (Å²) >= 11 is 0. The lowest BCUT2D eigenvalue weighted by Gasteiger charge is -2.20. The molecule has 1 saturated heterocycles. The van der Waals surface area contributed by atoms with Gasteiger partial charge in [-0.1, -0.05) is 6.92 Å². The molecule has 1 amide bonds. The molecule has 1 aliphatic heterocycles. The third-order valence-corrected chi connectivity index (χ3v) is 3.98. The van der Waals surface area contributed by atoms with Crippen molar-refractivity contribution >= 4 is 17.4 Å². The van der Waals surface area contributed by atoms with Gasteiger partial charge in [-0.05, 0) is 30.5 Å². The van der Waals surface area contributed by atoms with Crippen molar-refractivity contribution in [3.63, 3.8) is 0 Å². The normalized spacial score (nSPS) is 23.0. The monoisotopic (exact) mass is 297 g/mol. The van der Waals surface area contributed by atoms with Gasteiger partial charge in [0.2, 0.25) is 6.41 Å². The fourth-order valence-corrected chi connectivity index (χ4v) is 2.87. The number of carbonyl (C=O) groups excluding carboxylic acids is 1. The number of likely N-dealkylation sites (tertiary alicyclic amines) is 1. The first-order valence-electron chi connectivity index (χ1n) is 6.68. The van der Waals surface area contributed by atoms with Crippen LogP contribution in [0.15, 0.2) is 18.2 Å². The van der Waals surface area contributed by atoms with E-state index < -0.39 is 11.7 Å². The Morgan fingerprint density at radius 1 is 1.43 bits per heavy atom. The molecule has 4 nitrogen and oxygen atoms in total. The molecule has 1 aliphatic rings. The number of hydrogen-bond acceptors (Lipinski definition) is 2. The summed E-state index contributed by atoms with van der Waals surface area (Å²) in [6, 6.07) is 3.21. The zero-order valence-electron chi connectivity index (χ0n) is 11.3. The van der Waals surface area contributed by atoms with Crippen molar-refractivity contribution < 1.29 is 18.0 Å². The van der Waals surface area contributed by atoms with Crippen LogP contribution >= 0.6 is 0 Å². The maximum absolute atomic E-state index is 12.7. The maximum atomic E-state index is 12.7. The van der Waals surface area contributed by atoms with Gasteiger partial charge in [0.15, 0.2) is 0 Å². The first kappa shape index (κ1) is 13.9. The molecular weight excluding hydrogens is 283 g/mol. The van der Waals surface area contributed by atoms with Gasteiger partial charge in [0, 0.05) is 6.54 Å². The zero-order valence-corrected chi connectivity index (χ0v) is 11.3. The summed E-state index contributed by atoms with van der Waals surface area (Å²) < 4.78 is 38.1. The van der Waals surface area contributed by atoms with Crippen molar-refractivity contribution in [1.82, 2.24) is 14.9 Å². The minimum atomic E-state index is -4.38. The number of nitrogens with one attached hydrogen (secondary N) is 1. The second-order valence-electron chi connectivity index (χ2n) is 5.41. The molecule has 1 N–H and O–H groups in total. The molecule has 0 spiro atoms. The van der Waals surface area contributed by atoms with Crippen molar-refractivity contribution in [2.45, 2.75) is 25.6 Å². The van der Waals surface area contributed by atoms with E-state index in [0.29, 0.717) is 23.4 Å². The van der Waals surface area contributed by atoms with Crippen LogP contribution in [0.4, 0.5) is 13.2 Å². The highest BCUT2D eigenvalue weighted by Crippen LogP contribution is 2.36. The highest BCUT2D eigenvalue weighted by Gasteiger charge is 2.34. The van der Waals surface area contributed by atoms with Crippen LogP contribution in [0.5, 0.6) is 0 Å². The molecule has 0 unspecified atom stereocenters. The van der Waals surface area contributed by atoms with E-state index >= 15 is 0 Å². The highest BCUT2D eigenvalue weighted by atomic mass is 19.4. The van der Waals surface area contributed by atoms with Crippen molar-refractivity contribution in [2.75, 3.05) is 6.54 Å². The fourth-order valence-electron chi connectivity index (χ4n) is 2.87. The van der Waals surface area contributed by atoms with Gasteiger partial charge in [-0.2, -0.15) is 13.2 Å². The van der Waals surface area contributed by atoms with Gasteiger partial charge in [-0.3, -0.25) is 4.79 Å². The molecule has 0 aliphatic carbocycles. The van der Waals surface area contributed by atoms with Crippen LogP contribution in [0.2, 0.25) is 0 Å². The van der Waals surface area contributed by atoms with Crippen molar-refractivity contribution in [1.29, 1.82) is 0 Å². The van der Waals surface area contributed by atoms with E-state index in [1.165, 1.54) is 6.07 Å². The van der Waals surface area contributed by atoms with Gasteiger partial charge in [0.05, 0.1) is 22.6 Å². The maximum Gasteiger partial charge on any atom is 0.416 e. The Morgan fingerprint density at radius 2 is 2.19 bits per heavy atom. The number of nitrogens with zero attached hydrogens (tertiary/aromatic N) is 2. The Labute approximate surface area is 119 Å². The zero-order chi connectivity index (χ0) is 15.2. The number of halogens is 3. The number of alkyl halides is 3. The van der Waals surface area contributed by atoms with Gasteiger partial charge < -0.3 is 9.88 Å². The van der Waals surface area contributed by atoms with Gasteiger partial charge in [0.25, 0.3) is 0 Å². The topological polar surface area (TPSA) is 49.0 Å². The SMILES string of the molecule is C[C@H]1CCN(C=O)[C@@H]1c1nc2ccc(C(F)(F)F)cc2[nH]1. The van der Waals surface area contributed by atoms with Crippen LogP contribution in [0.3, 0.4) is 0 Å². The summed E-state index contributed by atoms with van der Waals surface area (Å²) in [5, 5.41) is 0. The number of amides is 1. The summed E-state index contributed by atoms with van der Waals surface area (Å²) in [5.41, 5.74) is 0.102. The van der Waals surface area contributed by atoms with Crippen LogP contribution in [0.25, 0.3) is 11.0 Å². The molecule has 0 bridgehead atoms. The minimum absolute atomic E-state index is 0.204. The molecule has 3 rings (SSSR count). The lowest BCUT2D eigenvalue weighted by molar-refractivity contribution is -0.137. The van der Waals surface area contributed by atoms with E-state index in [1.54, 1.807) is 4.90 Å². The van der Waals surface area contributed by atoms with Crippen LogP contribution in [-0.4, -0.2) is 27.8 Å². The van der Waals surface area contributed by atoms with Gasteiger partial charge in [-0.15, -0.1) is 0 Å². The minimum Gasteiger partial charge on any atom is -0.340 e. The largest absolute Gasteiger partial charge is 0.416 e. The predicted octanol–water partition coefficient (Wildman–Crippen LogP) is 3.12. The predicted molar refractivity (Wildman–Crippen MR) is 70.4 cm³/mol. The summed E-state index contributed by atoms with van der Waals surface area (Å²) in [7, 11) is 0. The quantitative estimate of drug-likeness (QED) is 0.866. The molecule has 7 heteroatoms. The number of carbonyl (C=O) groups is 1. The summed E-state index contributed by atoms with van der Waals surface area (Å²) in [5.74, 6) is 0.763. The average molecular weight is 297 g/mol. The second kappa shape index (κ2) is 4.75. The molecule has 112 valence electrons. The number of fused-ring (bicyclic) bond motifs is 1. The first-order valence-corrected chi connectivity index (χ1v) is 6.68. The smallest absolute Gasteiger partial charge is 0.340 e. The number of rotatable bonds is 2. The number of imidazole rings is 1. The molecule has 1 aromatic carbocycles. The number of aromatic nitrogens is 2. The van der Waals surface area contributed by atoms with E-state index in [4.69, 9.17) is 0 Å². The highest BCUT2D eigenvalue weighted by molar-refractivity contribution is 5.76. The van der Waals surface area contributed by atoms with Crippen LogP contribution in [-0.2, 0) is 11.0 Å². The summed E-state index contributed by atoms with van der Waals surface area (Å²) in [4.78, 5) is 20.0. The number of hydrogen-bond donors (Lipinski definition) is 1. The third-order valence-electron chi connectivity index (χ3n) is 3.98. The van der Waals surface area contributed by atoms with Crippen molar-refractivity contribution in [3.8, 4) is 0 Å². The molecule has 21 heavy (non-hydrogen) atoms. The molecule has 1 fully saturated rings. The van der Waals surface area contributed by atoms with E-state index in [0.717, 1.165) is 25.0 Å². The van der Waals surface area contributed by atoms with Crippen molar-refractivity contribution in [3.05, 3.63) is 29.6 Å². The van der Waals surface area contributed by atoms with E-state index in [1.807, 2.05) is 6.92 Å². The number of H-pyrrole nitrogens is 1. The molecule has 1 aromatic heterocycles. The Morgan fingerprint density at radius 3 is 2.86 bits per heavy atom. The van der Waals surface area contributed by atoms with Crippen LogP contribution < -0.4 is 0 Å². The number of aromatic amines is 1. The van der Waals surface area contributed by atoms with E-state index in [9.17, 15) is 18.0 Å². The number of benzene rings is 1. The standard InChI is InChI=1S/C14H14F3N3O/c1-8-4-5-20(7-21)12(8)13-18-10-3-2-9(14(15,16)17)6-11(10)19-13/h2-3,6-8,12H,4-5H2,1H3,(H,18,19)/t8-,12-/m0/s1. The Bertz CT molecular complexity index is 680. The summed E-state index contributed by atoms with van der Waals surface area (Å²) in [6.07, 6.45) is -2.76. The van der Waals surface area contributed by atoms with Gasteiger partial charge >= 0.3 is 6.18 Å². The first-order chi connectivity index (χ1) is 9.90. The van der Waals surface area contributed by atoms with E-state index in [-0.39, 0.29) is 12.0 Å². The van der Waals surface area contributed by atoms with Crippen molar-refractivity contribution in [2.24, 2.45) is 5.92 Å². The lowest BCUT2D eigenvalue weighted by atomic mass is 10.0. The summed E-state index contributed by atoms with van der Waals surface area (Å²) in [6.45, 7) is 2.64. The Balaban J connectivity index is 2.03. The Kier molecular flexibility index (Phi) is 3.15. The van der Waals surface area contributed by atoms with Gasteiger partial charge in [0.1, 0.15) is 5.82 Å². The second-order valence-corrected chi connectivity index (χ2v) is 5.41. The third kappa shape index (κ3) is 2.36. The molecule has 0 saturated carbocycles. The Hall–Kier alpha value is -2.05. The lowest BCUT2D eigenvalue weighted by Crippen LogP contribution is -2.24. The fraction of sp³-hybridized carbons (Fsp3) is 0.429. The molecule has 2 heterocycles. The van der Waals surface area contributed by atoms with E-state index in [2.05, 4.69) is 9.97 Å². The van der Waals surface area contributed by atoms with Crippen LogP contribution in [0.1, 0.15) is 30.8 Å². The molecule has 0 radical (unpaired) electrons. The molecule has 2 atom stereocenters. The average Bonchev–Trinajstić information content (AvgIpc) is 2.98. The molecular formula is C14H14F3N3O. The van der Waals surface area contributed by atoms with Gasteiger partial charge in [-0.25, -0.2) is 4.98 Å². The molecule has 2 aromatic rings.